The zero-order chi connectivity index (χ0) is 10.1. The molecule has 0 saturated heterocycles. The van der Waals surface area contributed by atoms with Crippen molar-refractivity contribution in [2.45, 2.75) is 10.4 Å². The maximum absolute atomic E-state index is 12.4. The molecule has 1 aromatic rings. The number of alkyl halides is 3. The second-order valence-corrected chi connectivity index (χ2v) is 3.41. The summed E-state index contributed by atoms with van der Waals surface area (Å²) in [7, 11) is 0. The minimum absolute atomic E-state index is 0.0438. The van der Waals surface area contributed by atoms with Crippen LogP contribution in [0.2, 0.25) is 0 Å². The van der Waals surface area contributed by atoms with E-state index in [1.165, 1.54) is 0 Å². The van der Waals surface area contributed by atoms with Gasteiger partial charge in [-0.3, -0.25) is 0 Å². The van der Waals surface area contributed by atoms with Crippen LogP contribution < -0.4 is 0 Å². The van der Waals surface area contributed by atoms with Gasteiger partial charge < -0.3 is 0 Å². The molecule has 0 saturated carbocycles. The Hall–Kier alpha value is -0.710. The van der Waals surface area contributed by atoms with Crippen molar-refractivity contribution >= 4 is 11.8 Å². The van der Waals surface area contributed by atoms with Gasteiger partial charge in [-0.1, -0.05) is 0 Å². The summed E-state index contributed by atoms with van der Waals surface area (Å²) in [6, 6.07) is 3.01. The fourth-order valence-corrected chi connectivity index (χ4v) is 1.35. The van der Waals surface area contributed by atoms with Crippen LogP contribution in [0.15, 0.2) is 23.1 Å². The molecule has 0 heterocycles. The summed E-state index contributed by atoms with van der Waals surface area (Å²) in [5.41, 5.74) is -4.31. The largest absolute Gasteiger partial charge is 0.446 e. The number of benzene rings is 1. The summed E-state index contributed by atoms with van der Waals surface area (Å²) in [5, 5.41) is 0. The molecular formula is C8H5F4S. The van der Waals surface area contributed by atoms with Gasteiger partial charge in [-0.2, -0.15) is 13.2 Å². The fraction of sp³-hybridized carbons (Fsp3) is 0.125. The summed E-state index contributed by atoms with van der Waals surface area (Å²) >= 11 is -0.293. The number of rotatable bonds is 1. The highest BCUT2D eigenvalue weighted by molar-refractivity contribution is 8.00. The second-order valence-electron chi connectivity index (χ2n) is 2.30. The van der Waals surface area contributed by atoms with E-state index in [1.54, 1.807) is 0 Å². The van der Waals surface area contributed by atoms with Crippen LogP contribution in [0, 0.1) is 12.7 Å². The maximum Gasteiger partial charge on any atom is 0.446 e. The van der Waals surface area contributed by atoms with Gasteiger partial charge in [0.2, 0.25) is 0 Å². The first-order valence-electron chi connectivity index (χ1n) is 3.26. The highest BCUT2D eigenvalue weighted by Gasteiger charge is 2.29. The van der Waals surface area contributed by atoms with E-state index in [1.807, 2.05) is 0 Å². The van der Waals surface area contributed by atoms with Gasteiger partial charge >= 0.3 is 5.51 Å². The summed E-state index contributed by atoms with van der Waals surface area (Å²) in [5.74, 6) is -0.587. The van der Waals surface area contributed by atoms with Gasteiger partial charge in [0.1, 0.15) is 5.82 Å². The third-order valence-electron chi connectivity index (χ3n) is 1.25. The first-order valence-corrected chi connectivity index (χ1v) is 4.07. The van der Waals surface area contributed by atoms with Gasteiger partial charge in [-0.05, 0) is 42.4 Å². The summed E-state index contributed by atoms with van der Waals surface area (Å²) in [4.78, 5) is -0.0751. The number of hydrogen-bond acceptors (Lipinski definition) is 1. The van der Waals surface area contributed by atoms with Crippen LogP contribution in [0.4, 0.5) is 17.6 Å². The molecule has 13 heavy (non-hydrogen) atoms. The lowest BCUT2D eigenvalue weighted by Crippen LogP contribution is -2.00. The minimum Gasteiger partial charge on any atom is -0.207 e. The first kappa shape index (κ1) is 10.4. The zero-order valence-electron chi connectivity index (χ0n) is 6.36. The molecule has 0 unspecified atom stereocenters. The minimum atomic E-state index is -4.36. The van der Waals surface area contributed by atoms with Gasteiger partial charge in [-0.15, -0.1) is 0 Å². The lowest BCUT2D eigenvalue weighted by atomic mass is 10.2. The van der Waals surface area contributed by atoms with Gasteiger partial charge in [0.25, 0.3) is 0 Å². The van der Waals surface area contributed by atoms with Crippen LogP contribution in [-0.4, -0.2) is 5.51 Å². The van der Waals surface area contributed by atoms with E-state index in [0.29, 0.717) is 0 Å². The van der Waals surface area contributed by atoms with Crippen molar-refractivity contribution in [2.24, 2.45) is 0 Å². The predicted octanol–water partition coefficient (Wildman–Crippen LogP) is 3.62. The van der Waals surface area contributed by atoms with Crippen LogP contribution in [0.3, 0.4) is 0 Å². The quantitative estimate of drug-likeness (QED) is 0.502. The first-order chi connectivity index (χ1) is 5.88. The lowest BCUT2D eigenvalue weighted by molar-refractivity contribution is -0.0328. The molecule has 1 radical (unpaired) electrons. The third kappa shape index (κ3) is 3.26. The van der Waals surface area contributed by atoms with E-state index >= 15 is 0 Å². The Balaban J connectivity index is 2.90. The van der Waals surface area contributed by atoms with Gasteiger partial charge in [0.05, 0.1) is 0 Å². The van der Waals surface area contributed by atoms with E-state index in [-0.39, 0.29) is 22.2 Å². The van der Waals surface area contributed by atoms with Crippen molar-refractivity contribution in [3.8, 4) is 0 Å². The molecule has 5 heteroatoms. The van der Waals surface area contributed by atoms with Crippen molar-refractivity contribution in [1.29, 1.82) is 0 Å². The van der Waals surface area contributed by atoms with Crippen molar-refractivity contribution in [3.05, 3.63) is 36.5 Å². The Morgan fingerprint density at radius 3 is 2.31 bits per heavy atom. The Labute approximate surface area is 76.9 Å². The highest BCUT2D eigenvalue weighted by atomic mass is 32.2. The Bertz CT molecular complexity index is 306. The molecule has 0 nitrogen and oxygen atoms in total. The molecule has 0 spiro atoms. The molecule has 71 valence electrons. The summed E-state index contributed by atoms with van der Waals surface area (Å²) in [6.07, 6.45) is 0. The van der Waals surface area contributed by atoms with E-state index in [0.717, 1.165) is 18.2 Å². The standard InChI is InChI=1S/C8H5F4S/c1-5-4-6(9)2-3-7(5)13-8(10,11)12/h2-4H,1H2. The predicted molar refractivity (Wildman–Crippen MR) is 42.8 cm³/mol. The molecule has 0 aliphatic rings. The molecule has 1 aromatic carbocycles. The third-order valence-corrected chi connectivity index (χ3v) is 2.10. The van der Waals surface area contributed by atoms with Crippen molar-refractivity contribution in [2.75, 3.05) is 0 Å². The van der Waals surface area contributed by atoms with E-state index in [2.05, 4.69) is 6.92 Å². The molecule has 0 fully saturated rings. The second kappa shape index (κ2) is 3.57. The van der Waals surface area contributed by atoms with E-state index in [4.69, 9.17) is 0 Å². The zero-order valence-corrected chi connectivity index (χ0v) is 7.18. The van der Waals surface area contributed by atoms with Crippen LogP contribution in [0.25, 0.3) is 0 Å². The monoisotopic (exact) mass is 209 g/mol. The molecule has 1 rings (SSSR count). The Morgan fingerprint density at radius 1 is 1.23 bits per heavy atom. The molecule has 0 aliphatic carbocycles. The van der Waals surface area contributed by atoms with Crippen LogP contribution in [0.5, 0.6) is 0 Å². The summed E-state index contributed by atoms with van der Waals surface area (Å²) in [6.45, 7) is 3.30. The Kier molecular flexibility index (Phi) is 2.85. The smallest absolute Gasteiger partial charge is 0.207 e. The number of halogens is 4. The van der Waals surface area contributed by atoms with Gasteiger partial charge in [0, 0.05) is 4.90 Å². The normalized spacial score (nSPS) is 11.8. The van der Waals surface area contributed by atoms with Crippen LogP contribution in [0.1, 0.15) is 5.56 Å². The lowest BCUT2D eigenvalue weighted by Gasteiger charge is -2.07. The molecular weight excluding hydrogens is 204 g/mol. The van der Waals surface area contributed by atoms with E-state index in [9.17, 15) is 17.6 Å². The van der Waals surface area contributed by atoms with E-state index < -0.39 is 11.3 Å². The Morgan fingerprint density at radius 2 is 1.85 bits per heavy atom. The SMILES string of the molecule is [CH2]c1cc(F)ccc1SC(F)(F)F. The highest BCUT2D eigenvalue weighted by Crippen LogP contribution is 2.38. The molecule has 0 aromatic heterocycles. The van der Waals surface area contributed by atoms with Crippen LogP contribution >= 0.6 is 11.8 Å². The van der Waals surface area contributed by atoms with Crippen molar-refractivity contribution < 1.29 is 17.6 Å². The average Bonchev–Trinajstić information content (AvgIpc) is 1.93. The molecule has 0 aliphatic heterocycles. The maximum atomic E-state index is 12.4. The molecule has 0 amide bonds. The topological polar surface area (TPSA) is 0 Å². The van der Waals surface area contributed by atoms with Gasteiger partial charge in [0.15, 0.2) is 0 Å². The number of hydrogen-bond donors (Lipinski definition) is 0. The fourth-order valence-electron chi connectivity index (χ4n) is 0.772. The van der Waals surface area contributed by atoms with Crippen molar-refractivity contribution in [3.63, 3.8) is 0 Å². The van der Waals surface area contributed by atoms with Crippen LogP contribution in [-0.2, 0) is 0 Å². The van der Waals surface area contributed by atoms with Gasteiger partial charge in [-0.25, -0.2) is 4.39 Å². The average molecular weight is 209 g/mol. The summed E-state index contributed by atoms with van der Waals surface area (Å²) < 4.78 is 48.0. The molecule has 0 bridgehead atoms. The molecule has 0 atom stereocenters. The number of thioether (sulfide) groups is 1. The van der Waals surface area contributed by atoms with Crippen molar-refractivity contribution in [1.82, 2.24) is 0 Å². The molecule has 0 N–H and O–H groups in total.